The van der Waals surface area contributed by atoms with Crippen LogP contribution in [-0.4, -0.2) is 52.2 Å². The zero-order valence-electron chi connectivity index (χ0n) is 11.9. The van der Waals surface area contributed by atoms with E-state index < -0.39 is 6.10 Å². The first-order valence-corrected chi connectivity index (χ1v) is 6.97. The van der Waals surface area contributed by atoms with Crippen LogP contribution < -0.4 is 11.1 Å². The van der Waals surface area contributed by atoms with Crippen molar-refractivity contribution in [1.29, 1.82) is 0 Å². The van der Waals surface area contributed by atoms with Gasteiger partial charge in [0.15, 0.2) is 0 Å². The number of hydrogen-bond acceptors (Lipinski definition) is 7. The van der Waals surface area contributed by atoms with E-state index in [2.05, 4.69) is 20.3 Å². The van der Waals surface area contributed by atoms with E-state index in [1.54, 1.807) is 6.21 Å². The maximum absolute atomic E-state index is 9.44. The number of anilines is 2. The van der Waals surface area contributed by atoms with Gasteiger partial charge in [0.05, 0.1) is 24.8 Å². The molecular formula is C15H17N5O2. The van der Waals surface area contributed by atoms with Crippen molar-refractivity contribution in [3.63, 3.8) is 0 Å². The molecule has 5 N–H and O–H groups in total. The fourth-order valence-corrected chi connectivity index (χ4v) is 2.30. The molecule has 1 aromatic carbocycles. The molecule has 1 aliphatic heterocycles. The van der Waals surface area contributed by atoms with E-state index in [9.17, 15) is 5.11 Å². The Labute approximate surface area is 127 Å². The lowest BCUT2D eigenvalue weighted by atomic mass is 10.0. The van der Waals surface area contributed by atoms with E-state index in [-0.39, 0.29) is 19.1 Å². The summed E-state index contributed by atoms with van der Waals surface area (Å²) in [6.45, 7) is 0.534. The minimum Gasteiger partial charge on any atom is -0.394 e. The highest BCUT2D eigenvalue weighted by Gasteiger charge is 2.11. The summed E-state index contributed by atoms with van der Waals surface area (Å²) >= 11 is 0. The molecule has 0 unspecified atom stereocenters. The number of hydrogen-bond donors (Lipinski definition) is 4. The topological polar surface area (TPSA) is 117 Å². The summed E-state index contributed by atoms with van der Waals surface area (Å²) in [6.07, 6.45) is 2.91. The molecule has 22 heavy (non-hydrogen) atoms. The van der Waals surface area contributed by atoms with E-state index in [0.29, 0.717) is 12.4 Å². The molecule has 0 aliphatic carbocycles. The van der Waals surface area contributed by atoms with Crippen molar-refractivity contribution in [3.05, 3.63) is 29.8 Å². The van der Waals surface area contributed by atoms with E-state index in [1.165, 1.54) is 0 Å². The van der Waals surface area contributed by atoms with Crippen LogP contribution in [0.2, 0.25) is 0 Å². The summed E-state index contributed by atoms with van der Waals surface area (Å²) in [7, 11) is 0. The summed E-state index contributed by atoms with van der Waals surface area (Å²) in [6, 6.07) is 5.84. The molecule has 0 amide bonds. The Hall–Kier alpha value is -2.51. The fourth-order valence-electron chi connectivity index (χ4n) is 2.30. The number of aliphatic imine (C=N–C) groups is 1. The smallest absolute Gasteiger partial charge is 0.222 e. The Bertz CT molecular complexity index is 757. The third-order valence-electron chi connectivity index (χ3n) is 3.44. The number of aromatic nitrogens is 2. The molecule has 7 nitrogen and oxygen atoms in total. The minimum absolute atomic E-state index is 0.155. The molecule has 3 rings (SSSR count). The van der Waals surface area contributed by atoms with Crippen LogP contribution in [0.15, 0.2) is 29.3 Å². The number of fused-ring (bicyclic) bond motifs is 1. The lowest BCUT2D eigenvalue weighted by Crippen LogP contribution is -2.23. The molecule has 0 fully saturated rings. The molecule has 1 atom stereocenters. The summed E-state index contributed by atoms with van der Waals surface area (Å²) in [5.41, 5.74) is 8.65. The Balaban J connectivity index is 1.95. The van der Waals surface area contributed by atoms with Gasteiger partial charge in [-0.2, -0.15) is 4.98 Å². The average molecular weight is 299 g/mol. The summed E-state index contributed by atoms with van der Waals surface area (Å²) < 4.78 is 0. The molecule has 0 saturated carbocycles. The molecule has 1 aliphatic rings. The lowest BCUT2D eigenvalue weighted by molar-refractivity contribution is 0.105. The second-order valence-electron chi connectivity index (χ2n) is 5.06. The fraction of sp³-hybridized carbons (Fsp3) is 0.267. The molecule has 114 valence electrons. The SMILES string of the molecule is Nc1nc(NC[C@@H](O)CO)c2ccc(C3=CC=NC3)cc2n1. The van der Waals surface area contributed by atoms with Gasteiger partial charge in [0.1, 0.15) is 5.82 Å². The van der Waals surface area contributed by atoms with Crippen LogP contribution in [0.5, 0.6) is 0 Å². The second-order valence-corrected chi connectivity index (χ2v) is 5.06. The maximum atomic E-state index is 9.44. The molecule has 0 bridgehead atoms. The number of aliphatic hydroxyl groups is 2. The average Bonchev–Trinajstić information content (AvgIpc) is 3.05. The first kappa shape index (κ1) is 14.4. The van der Waals surface area contributed by atoms with Gasteiger partial charge in [0.2, 0.25) is 5.95 Å². The Kier molecular flexibility index (Phi) is 3.99. The zero-order valence-corrected chi connectivity index (χ0v) is 11.9. The summed E-state index contributed by atoms with van der Waals surface area (Å²) in [5.74, 6) is 0.695. The maximum Gasteiger partial charge on any atom is 0.222 e. The number of allylic oxidation sites excluding steroid dienone is 1. The van der Waals surface area contributed by atoms with Gasteiger partial charge in [-0.25, -0.2) is 4.98 Å². The standard InChI is InChI=1S/C15H17N5O2/c16-15-19-13-5-9(10-3-4-17-6-10)1-2-12(13)14(20-15)18-7-11(22)8-21/h1-5,11,21-22H,6-8H2,(H3,16,18,19,20)/t11-/m1/s1. The van der Waals surface area contributed by atoms with Crippen molar-refractivity contribution in [2.24, 2.45) is 4.99 Å². The lowest BCUT2D eigenvalue weighted by Gasteiger charge is -2.12. The second kappa shape index (κ2) is 6.08. The van der Waals surface area contributed by atoms with Gasteiger partial charge in [-0.1, -0.05) is 6.07 Å². The third-order valence-corrected chi connectivity index (χ3v) is 3.44. The number of nitrogens with zero attached hydrogens (tertiary/aromatic N) is 3. The molecule has 0 spiro atoms. The molecule has 7 heteroatoms. The summed E-state index contributed by atoms with van der Waals surface area (Å²) in [5, 5.41) is 22.1. The molecule has 2 heterocycles. The van der Waals surface area contributed by atoms with Gasteiger partial charge >= 0.3 is 0 Å². The van der Waals surface area contributed by atoms with E-state index in [4.69, 9.17) is 10.8 Å². The van der Waals surface area contributed by atoms with Gasteiger partial charge in [-0.05, 0) is 29.3 Å². The normalized spacial score (nSPS) is 15.1. The zero-order chi connectivity index (χ0) is 15.5. The first-order valence-electron chi connectivity index (χ1n) is 6.97. The van der Waals surface area contributed by atoms with Gasteiger partial charge < -0.3 is 21.3 Å². The van der Waals surface area contributed by atoms with Crippen molar-refractivity contribution in [3.8, 4) is 0 Å². The number of benzene rings is 1. The van der Waals surface area contributed by atoms with Gasteiger partial charge in [0.25, 0.3) is 0 Å². The van der Waals surface area contributed by atoms with Gasteiger partial charge in [-0.15, -0.1) is 0 Å². The van der Waals surface area contributed by atoms with Crippen LogP contribution in [0.1, 0.15) is 5.56 Å². The highest BCUT2D eigenvalue weighted by Crippen LogP contribution is 2.26. The van der Waals surface area contributed by atoms with Gasteiger partial charge in [0, 0.05) is 18.1 Å². The van der Waals surface area contributed by atoms with Crippen molar-refractivity contribution < 1.29 is 10.2 Å². The van der Waals surface area contributed by atoms with E-state index in [1.807, 2.05) is 24.3 Å². The Morgan fingerprint density at radius 2 is 2.18 bits per heavy atom. The largest absolute Gasteiger partial charge is 0.394 e. The number of aliphatic hydroxyl groups excluding tert-OH is 2. The van der Waals surface area contributed by atoms with Crippen molar-refractivity contribution >= 4 is 34.5 Å². The quantitative estimate of drug-likeness (QED) is 0.636. The number of nitrogens with two attached hydrogens (primary N) is 1. The third kappa shape index (κ3) is 2.90. The number of nitrogens with one attached hydrogen (secondary N) is 1. The monoisotopic (exact) mass is 299 g/mol. The van der Waals surface area contributed by atoms with Crippen molar-refractivity contribution in [2.75, 3.05) is 30.7 Å². The predicted octanol–water partition coefficient (Wildman–Crippen LogP) is 0.445. The van der Waals surface area contributed by atoms with Gasteiger partial charge in [-0.3, -0.25) is 4.99 Å². The molecule has 1 aromatic heterocycles. The molecule has 0 radical (unpaired) electrons. The van der Waals surface area contributed by atoms with Crippen molar-refractivity contribution in [2.45, 2.75) is 6.10 Å². The molecule has 2 aromatic rings. The van der Waals surface area contributed by atoms with E-state index >= 15 is 0 Å². The summed E-state index contributed by atoms with van der Waals surface area (Å²) in [4.78, 5) is 12.6. The molecular weight excluding hydrogens is 282 g/mol. The predicted molar refractivity (Wildman–Crippen MR) is 86.9 cm³/mol. The number of rotatable bonds is 5. The van der Waals surface area contributed by atoms with Crippen LogP contribution >= 0.6 is 0 Å². The van der Waals surface area contributed by atoms with Crippen molar-refractivity contribution in [1.82, 2.24) is 9.97 Å². The highest BCUT2D eigenvalue weighted by molar-refractivity contribution is 5.95. The minimum atomic E-state index is -0.855. The molecule has 0 saturated heterocycles. The van der Waals surface area contributed by atoms with Crippen LogP contribution in [0.25, 0.3) is 16.5 Å². The first-order chi connectivity index (χ1) is 10.7. The van der Waals surface area contributed by atoms with Crippen LogP contribution in [0, 0.1) is 0 Å². The van der Waals surface area contributed by atoms with Crippen LogP contribution in [0.4, 0.5) is 11.8 Å². The highest BCUT2D eigenvalue weighted by atomic mass is 16.3. The van der Waals surface area contributed by atoms with Crippen LogP contribution in [-0.2, 0) is 0 Å². The Morgan fingerprint density at radius 1 is 1.32 bits per heavy atom. The Morgan fingerprint density at radius 3 is 2.91 bits per heavy atom. The van der Waals surface area contributed by atoms with Crippen LogP contribution in [0.3, 0.4) is 0 Å². The number of nitrogen functional groups attached to an aromatic ring is 1. The van der Waals surface area contributed by atoms with E-state index in [0.717, 1.165) is 22.0 Å².